The molecule has 0 amide bonds. The van der Waals surface area contributed by atoms with E-state index < -0.39 is 16.1 Å². The molecule has 0 radical (unpaired) electrons. The Balaban J connectivity index is 0.000000622. The molecule has 0 saturated carbocycles. The van der Waals surface area contributed by atoms with Crippen molar-refractivity contribution in [1.82, 2.24) is 0 Å². The number of ether oxygens (including phenoxy) is 1. The zero-order valence-electron chi connectivity index (χ0n) is 23.5. The van der Waals surface area contributed by atoms with E-state index in [1.54, 1.807) is 12.2 Å². The molecule has 33 heavy (non-hydrogen) atoms. The van der Waals surface area contributed by atoms with Gasteiger partial charge in [-0.2, -0.15) is 0 Å². The topological polar surface area (TPSA) is 53.0 Å². The highest BCUT2D eigenvalue weighted by Crippen LogP contribution is 2.41. The Morgan fingerprint density at radius 3 is 1.39 bits per heavy atom. The van der Waals surface area contributed by atoms with Crippen molar-refractivity contribution in [3.8, 4) is 22.9 Å². The van der Waals surface area contributed by atoms with Crippen molar-refractivity contribution < 1.29 is 14.9 Å². The summed E-state index contributed by atoms with van der Waals surface area (Å²) in [6, 6.07) is 0. The Labute approximate surface area is 207 Å². The molecule has 1 rings (SSSR count). The van der Waals surface area contributed by atoms with Crippen molar-refractivity contribution in [2.45, 2.75) is 129 Å². The maximum atomic E-state index is 8.95. The van der Waals surface area contributed by atoms with Crippen LogP contribution in [0.5, 0.6) is 0 Å². The first kappa shape index (κ1) is 32.2. The van der Waals surface area contributed by atoms with E-state index in [0.29, 0.717) is 33.2 Å². The second kappa shape index (κ2) is 14.5. The summed E-state index contributed by atoms with van der Waals surface area (Å²) < 4.78 is 5.30. The summed E-state index contributed by atoms with van der Waals surface area (Å²) in [6.45, 7) is 27.8. The van der Waals surface area contributed by atoms with Gasteiger partial charge in [-0.15, -0.1) is 11.1 Å². The first-order chi connectivity index (χ1) is 15.2. The van der Waals surface area contributed by atoms with E-state index in [1.807, 2.05) is 0 Å². The fourth-order valence-corrected chi connectivity index (χ4v) is 16.2. The zero-order valence-corrected chi connectivity index (χ0v) is 25.5. The highest BCUT2D eigenvalue weighted by molar-refractivity contribution is 6.91. The minimum atomic E-state index is -1.62. The number of hydrogen-bond acceptors (Lipinski definition) is 3. The molecule has 0 aliphatic carbocycles. The molecule has 0 aromatic carbocycles. The smallest absolute Gasteiger partial charge is 0.146 e. The molecular formula is C28H52O3Si2. The first-order valence-electron chi connectivity index (χ1n) is 12.8. The Bertz CT molecular complexity index is 671. The molecule has 1 aliphatic rings. The van der Waals surface area contributed by atoms with Crippen LogP contribution in [0.25, 0.3) is 0 Å². The van der Waals surface area contributed by atoms with Crippen molar-refractivity contribution in [3.05, 3.63) is 12.2 Å². The molecule has 190 valence electrons. The van der Waals surface area contributed by atoms with Crippen molar-refractivity contribution in [3.63, 3.8) is 0 Å². The molecule has 1 fully saturated rings. The molecular weight excluding hydrogens is 440 g/mol. The maximum absolute atomic E-state index is 8.95. The summed E-state index contributed by atoms with van der Waals surface area (Å²) in [6.07, 6.45) is 3.45. The lowest BCUT2D eigenvalue weighted by Gasteiger charge is -2.38. The van der Waals surface area contributed by atoms with Gasteiger partial charge in [0.1, 0.15) is 28.4 Å². The molecule has 0 aromatic rings. The van der Waals surface area contributed by atoms with E-state index >= 15 is 0 Å². The summed E-state index contributed by atoms with van der Waals surface area (Å²) in [5, 5.41) is 17.6. The third-order valence-corrected chi connectivity index (χ3v) is 20.1. The summed E-state index contributed by atoms with van der Waals surface area (Å²) in [7, 11) is -3.19. The molecule has 2 atom stereocenters. The van der Waals surface area contributed by atoms with Gasteiger partial charge in [0.05, 0.1) is 13.2 Å². The summed E-state index contributed by atoms with van der Waals surface area (Å²) in [4.78, 5) is 0. The predicted octanol–water partition coefficient (Wildman–Crippen LogP) is 6.72. The van der Waals surface area contributed by atoms with Crippen LogP contribution in [-0.2, 0) is 4.74 Å². The molecule has 5 heteroatoms. The molecule has 1 heterocycles. The number of hydrogen-bond donors (Lipinski definition) is 2. The molecule has 0 spiro atoms. The second-order valence-electron chi connectivity index (χ2n) is 11.2. The molecule has 0 bridgehead atoms. The van der Waals surface area contributed by atoms with E-state index in [4.69, 9.17) is 14.9 Å². The molecule has 2 N–H and O–H groups in total. The highest BCUT2D eigenvalue weighted by Gasteiger charge is 2.43. The van der Waals surface area contributed by atoms with Gasteiger partial charge in [0.2, 0.25) is 0 Å². The van der Waals surface area contributed by atoms with Gasteiger partial charge < -0.3 is 14.9 Å². The molecule has 1 aliphatic heterocycles. The Hall–Kier alpha value is -0.826. The normalized spacial score (nSPS) is 18.5. The molecule has 0 unspecified atom stereocenters. The van der Waals surface area contributed by atoms with Crippen LogP contribution < -0.4 is 0 Å². The Morgan fingerprint density at radius 1 is 0.697 bits per heavy atom. The van der Waals surface area contributed by atoms with Crippen molar-refractivity contribution in [2.24, 2.45) is 0 Å². The predicted molar refractivity (Wildman–Crippen MR) is 150 cm³/mol. The van der Waals surface area contributed by atoms with Crippen molar-refractivity contribution in [2.75, 3.05) is 13.2 Å². The van der Waals surface area contributed by atoms with Crippen molar-refractivity contribution >= 4 is 16.1 Å². The van der Waals surface area contributed by atoms with E-state index in [0.717, 1.165) is 0 Å². The van der Waals surface area contributed by atoms with Gasteiger partial charge in [-0.1, -0.05) is 101 Å². The molecule has 1 saturated heterocycles. The second-order valence-corrected chi connectivity index (χ2v) is 22.4. The highest BCUT2D eigenvalue weighted by atomic mass is 28.3. The standard InChI is InChI=1S/C14H26O2Si.C14H26OSi/c1-10(2)17(11(3)4,12(5)6)8-7-13-14(9-15)16-13;1-12(2)16(13(3)4,14(5)6)11-9-7-8-10-15/h10-15H,9H2,1-6H3;7-8,12-15H,10H2,1-6H3/b;8-7+/t13-,14-;/m1./s1. The van der Waals surface area contributed by atoms with Crippen molar-refractivity contribution in [1.29, 1.82) is 0 Å². The van der Waals surface area contributed by atoms with E-state index in [9.17, 15) is 0 Å². The molecule has 3 nitrogen and oxygen atoms in total. The fraction of sp³-hybridized carbons (Fsp3) is 0.786. The van der Waals surface area contributed by atoms with Crippen LogP contribution in [-0.4, -0.2) is 51.8 Å². The fourth-order valence-electron chi connectivity index (χ4n) is 5.75. The quantitative estimate of drug-likeness (QED) is 0.224. The minimum Gasteiger partial charge on any atom is -0.394 e. The number of epoxide rings is 1. The van der Waals surface area contributed by atoms with Crippen LogP contribution in [0.3, 0.4) is 0 Å². The van der Waals surface area contributed by atoms with Gasteiger partial charge >= 0.3 is 0 Å². The van der Waals surface area contributed by atoms with Gasteiger partial charge in [-0.25, -0.2) is 0 Å². The zero-order chi connectivity index (χ0) is 26.0. The van der Waals surface area contributed by atoms with Gasteiger partial charge in [0, 0.05) is 0 Å². The number of allylic oxidation sites excluding steroid dienone is 1. The van der Waals surface area contributed by atoms with Crippen LogP contribution >= 0.6 is 0 Å². The largest absolute Gasteiger partial charge is 0.394 e. The van der Waals surface area contributed by atoms with Gasteiger partial charge in [0.25, 0.3) is 0 Å². The van der Waals surface area contributed by atoms with E-state index in [-0.39, 0.29) is 25.4 Å². The lowest BCUT2D eigenvalue weighted by Crippen LogP contribution is -2.43. The van der Waals surface area contributed by atoms with Crippen LogP contribution in [0, 0.1) is 22.9 Å². The average Bonchev–Trinajstić information content (AvgIpc) is 3.46. The van der Waals surface area contributed by atoms with Crippen LogP contribution in [0.1, 0.15) is 83.1 Å². The first-order valence-corrected chi connectivity index (χ1v) is 17.3. The van der Waals surface area contributed by atoms with E-state index in [2.05, 4.69) is 106 Å². The lowest BCUT2D eigenvalue weighted by atomic mass is 10.3. The maximum Gasteiger partial charge on any atom is 0.146 e. The van der Waals surface area contributed by atoms with E-state index in [1.165, 1.54) is 0 Å². The number of rotatable bonds is 8. The summed E-state index contributed by atoms with van der Waals surface area (Å²) >= 11 is 0. The van der Waals surface area contributed by atoms with Crippen LogP contribution in [0.15, 0.2) is 12.2 Å². The lowest BCUT2D eigenvalue weighted by molar-refractivity contribution is 0.243. The van der Waals surface area contributed by atoms with Gasteiger partial charge in [-0.3, -0.25) is 0 Å². The monoisotopic (exact) mass is 492 g/mol. The SMILES string of the molecule is CC(C)[Si](C#C/C=C/CO)(C(C)C)C(C)C.CC(C)[Si](C#C[C@H]1O[C@@H]1CO)(C(C)C)C(C)C. The average molecular weight is 493 g/mol. The summed E-state index contributed by atoms with van der Waals surface area (Å²) in [5.41, 5.74) is 11.1. The Kier molecular flexibility index (Phi) is 14.2. The molecule has 0 aromatic heterocycles. The van der Waals surface area contributed by atoms with Crippen LogP contribution in [0.4, 0.5) is 0 Å². The Morgan fingerprint density at radius 2 is 1.09 bits per heavy atom. The number of aliphatic hydroxyl groups is 2. The number of aliphatic hydroxyl groups excluding tert-OH is 2. The van der Waals surface area contributed by atoms with Gasteiger partial charge in [-0.05, 0) is 39.3 Å². The third kappa shape index (κ3) is 8.41. The van der Waals surface area contributed by atoms with Gasteiger partial charge in [0.15, 0.2) is 0 Å². The minimum absolute atomic E-state index is 0.0110. The summed E-state index contributed by atoms with van der Waals surface area (Å²) in [5.74, 6) is 6.41. The van der Waals surface area contributed by atoms with Crippen LogP contribution in [0.2, 0.25) is 33.2 Å². The third-order valence-electron chi connectivity index (χ3n) is 7.52.